The van der Waals surface area contributed by atoms with Crippen LogP contribution in [0.1, 0.15) is 96.3 Å². The maximum Gasteiger partial charge on any atom is 0.503 e. The summed E-state index contributed by atoms with van der Waals surface area (Å²) in [5, 5.41) is -0.649. The zero-order chi connectivity index (χ0) is 35.2. The highest BCUT2D eigenvalue weighted by Gasteiger charge is 2.65. The van der Waals surface area contributed by atoms with Gasteiger partial charge >= 0.3 is 8.80 Å². The van der Waals surface area contributed by atoms with Crippen LogP contribution in [0.5, 0.6) is 0 Å². The summed E-state index contributed by atoms with van der Waals surface area (Å²) in [5.41, 5.74) is -0.0170. The van der Waals surface area contributed by atoms with Crippen LogP contribution >= 0.6 is 0 Å². The highest BCUT2D eigenvalue weighted by Crippen LogP contribution is 2.56. The van der Waals surface area contributed by atoms with Crippen LogP contribution in [-0.2, 0) is 41.7 Å². The minimum atomic E-state index is -3.28. The van der Waals surface area contributed by atoms with Gasteiger partial charge in [0, 0.05) is 101 Å². The summed E-state index contributed by atoms with van der Waals surface area (Å²) in [6, 6.07) is 0. The highest BCUT2D eigenvalue weighted by atomic mass is 28.4. The third kappa shape index (κ3) is 9.52. The Labute approximate surface area is 309 Å². The van der Waals surface area contributed by atoms with E-state index in [1.54, 1.807) is 0 Å². The number of hydrogen-bond acceptors (Lipinski definition) is 9. The van der Waals surface area contributed by atoms with E-state index in [2.05, 4.69) is 13.1 Å². The molecule has 0 aromatic heterocycles. The fourth-order valence-electron chi connectivity index (χ4n) is 10.3. The lowest BCUT2D eigenvalue weighted by atomic mass is 9.76. The Bertz CT molecular complexity index is 984. The van der Waals surface area contributed by atoms with E-state index in [-0.39, 0.29) is 50.5 Å². The molecule has 0 radical (unpaired) electrons. The van der Waals surface area contributed by atoms with E-state index in [9.17, 15) is 0 Å². The average Bonchev–Trinajstić information content (AvgIpc) is 3.94. The average molecular weight is 777 g/mol. The molecule has 0 aromatic carbocycles. The lowest BCUT2D eigenvalue weighted by molar-refractivity contribution is -0.158. The monoisotopic (exact) mass is 776 g/mol. The minimum absolute atomic E-state index is 0.0170. The van der Waals surface area contributed by atoms with Gasteiger partial charge in [-0.1, -0.05) is 13.1 Å². The molecular formula is C35H72O9Si5. The summed E-state index contributed by atoms with van der Waals surface area (Å²) in [6.07, 6.45) is 16.9. The van der Waals surface area contributed by atoms with Crippen LogP contribution in [-0.4, -0.2) is 142 Å². The summed E-state index contributed by atoms with van der Waals surface area (Å²) in [4.78, 5) is 0. The summed E-state index contributed by atoms with van der Waals surface area (Å²) in [5.74, 6) is 0.288. The van der Waals surface area contributed by atoms with E-state index < -0.39 is 17.6 Å². The van der Waals surface area contributed by atoms with Crippen molar-refractivity contribution in [3.63, 3.8) is 0 Å². The van der Waals surface area contributed by atoms with E-state index in [1.165, 1.54) is 38.5 Å². The predicted octanol–water partition coefficient (Wildman–Crippen LogP) is 2.17. The van der Waals surface area contributed by atoms with Gasteiger partial charge < -0.3 is 41.7 Å². The molecule has 9 atom stereocenters. The van der Waals surface area contributed by atoms with Crippen molar-refractivity contribution in [3.05, 3.63) is 0 Å². The molecule has 9 nitrogen and oxygen atoms in total. The molecule has 0 bridgehead atoms. The maximum atomic E-state index is 7.23. The van der Waals surface area contributed by atoms with Crippen molar-refractivity contribution in [2.24, 2.45) is 11.8 Å². The Kier molecular flexibility index (Phi) is 14.9. The summed E-state index contributed by atoms with van der Waals surface area (Å²) >= 11 is 0. The smallest absolute Gasteiger partial charge is 0.380 e. The molecule has 0 aliphatic carbocycles. The Balaban J connectivity index is 1.63. The van der Waals surface area contributed by atoms with Crippen LogP contribution in [0.4, 0.5) is 0 Å². The van der Waals surface area contributed by atoms with Crippen molar-refractivity contribution in [1.82, 2.24) is 0 Å². The molecule has 5 saturated heterocycles. The van der Waals surface area contributed by atoms with Crippen LogP contribution in [0.2, 0.25) is 18.6 Å². The van der Waals surface area contributed by atoms with Crippen molar-refractivity contribution >= 4 is 48.3 Å². The first-order valence-corrected chi connectivity index (χ1v) is 27.6. The molecule has 5 heterocycles. The summed E-state index contributed by atoms with van der Waals surface area (Å²) in [6.45, 7) is 9.79. The second kappa shape index (κ2) is 17.9. The number of ether oxygens (including phenoxy) is 6. The molecule has 14 heteroatoms. The quantitative estimate of drug-likeness (QED) is 0.154. The van der Waals surface area contributed by atoms with Gasteiger partial charge in [-0.05, 0) is 96.3 Å². The van der Waals surface area contributed by atoms with Gasteiger partial charge in [0.05, 0.1) is 43.8 Å². The fraction of sp³-hybridized carbons (Fsp3) is 1.00. The van der Waals surface area contributed by atoms with E-state index in [1.807, 2.05) is 21.3 Å². The first-order valence-electron chi connectivity index (χ1n) is 19.9. The van der Waals surface area contributed by atoms with Crippen LogP contribution in [0.25, 0.3) is 0 Å². The van der Waals surface area contributed by atoms with Crippen LogP contribution in [0.3, 0.4) is 0 Å². The zero-order valence-corrected chi connectivity index (χ0v) is 40.6. The number of epoxide rings is 1. The van der Waals surface area contributed by atoms with Gasteiger partial charge in [0.25, 0.3) is 0 Å². The van der Waals surface area contributed by atoms with E-state index >= 15 is 0 Å². The largest absolute Gasteiger partial charge is 0.503 e. The van der Waals surface area contributed by atoms with Crippen LogP contribution in [0.15, 0.2) is 0 Å². The standard InChI is InChI=1S/C35H72O9Si5/c1-36-49(37-2,38-3)30(31(34(47)17-8-12-22-43-34)35(48(4)5)18-9-13-23-44-35)24-28(33(46)16-7-11-21-42-33)29(40-26-27-25-39-27)14-19-32(45)15-6-10-20-41-32/h27-31,48H,6-26H2,1-5,45-47H3. The fourth-order valence-corrected chi connectivity index (χ4v) is 20.2. The van der Waals surface area contributed by atoms with E-state index in [0.29, 0.717) is 6.61 Å². The third-order valence-corrected chi connectivity index (χ3v) is 23.5. The summed E-state index contributed by atoms with van der Waals surface area (Å²) < 4.78 is 60.5. The first-order chi connectivity index (χ1) is 23.5. The van der Waals surface area contributed by atoms with Crippen molar-refractivity contribution < 1.29 is 41.7 Å². The molecule has 5 aliphatic rings. The van der Waals surface area contributed by atoms with Gasteiger partial charge in [0.1, 0.15) is 6.10 Å². The molecule has 5 aliphatic heterocycles. The normalized spacial score (nSPS) is 37.2. The zero-order valence-electron chi connectivity index (χ0n) is 32.5. The third-order valence-electron chi connectivity index (χ3n) is 13.4. The highest BCUT2D eigenvalue weighted by molar-refractivity contribution is 6.63. The summed E-state index contributed by atoms with van der Waals surface area (Å²) in [7, 11) is 3.64. The Morgan fingerprint density at radius 3 is 1.76 bits per heavy atom. The van der Waals surface area contributed by atoms with Gasteiger partial charge in [-0.15, -0.1) is 0 Å². The Morgan fingerprint density at radius 1 is 0.735 bits per heavy atom. The molecule has 5 fully saturated rings. The van der Waals surface area contributed by atoms with E-state index in [0.717, 1.165) is 122 Å². The topological polar surface area (TPSA) is 86.4 Å². The van der Waals surface area contributed by atoms with Crippen molar-refractivity contribution in [3.8, 4) is 0 Å². The van der Waals surface area contributed by atoms with Gasteiger partial charge in [-0.25, -0.2) is 0 Å². The molecule has 286 valence electrons. The van der Waals surface area contributed by atoms with Gasteiger partial charge in [0.15, 0.2) is 0 Å². The minimum Gasteiger partial charge on any atom is -0.380 e. The van der Waals surface area contributed by atoms with Crippen molar-refractivity contribution in [1.29, 1.82) is 0 Å². The van der Waals surface area contributed by atoms with Crippen molar-refractivity contribution in [2.45, 2.75) is 148 Å². The molecule has 5 rings (SSSR count). The lowest BCUT2D eigenvalue weighted by Gasteiger charge is -2.59. The molecule has 9 unspecified atom stereocenters. The van der Waals surface area contributed by atoms with Gasteiger partial charge in [-0.3, -0.25) is 0 Å². The second-order valence-electron chi connectivity index (χ2n) is 16.9. The predicted molar refractivity (Wildman–Crippen MR) is 210 cm³/mol. The molecule has 0 aromatic rings. The maximum absolute atomic E-state index is 7.23. The molecule has 0 spiro atoms. The SMILES string of the molecule is CO[Si](OC)(OC)C(CC(C(CCC1([SiH3])CCCCO1)OCC1CO1)C1([SiH3])CCCCO1)C(C1([SiH3])CCCCO1)C1([SiH](C)C)CCCCO1. The van der Waals surface area contributed by atoms with Gasteiger partial charge in [0.2, 0.25) is 0 Å². The second-order valence-corrected chi connectivity index (χ2v) is 28.6. The van der Waals surface area contributed by atoms with E-state index in [4.69, 9.17) is 41.7 Å². The molecule has 0 saturated carbocycles. The van der Waals surface area contributed by atoms with Gasteiger partial charge in [-0.2, -0.15) is 0 Å². The lowest BCUT2D eigenvalue weighted by Crippen LogP contribution is -2.68. The molecular weight excluding hydrogens is 705 g/mol. The first kappa shape index (κ1) is 40.9. The Hall–Kier alpha value is 0.724. The number of rotatable bonds is 18. The number of hydrogen-bond donors (Lipinski definition) is 0. The van der Waals surface area contributed by atoms with Crippen molar-refractivity contribution in [2.75, 3.05) is 61.0 Å². The molecule has 0 amide bonds. The Morgan fingerprint density at radius 2 is 1.29 bits per heavy atom. The molecule has 0 N–H and O–H groups in total. The van der Waals surface area contributed by atoms with Crippen LogP contribution < -0.4 is 0 Å². The van der Waals surface area contributed by atoms with Crippen LogP contribution in [0, 0.1) is 11.8 Å². The molecule has 49 heavy (non-hydrogen) atoms.